The standard InChI is InChI=1S/C11H18N4S/c1-15-6-4-8(12)7-10(15)9-3-5-13-11(14-9)16-2/h3,5,8,10H,4,6-7,12H2,1-2H3. The molecule has 0 amide bonds. The highest BCUT2D eigenvalue weighted by atomic mass is 32.2. The van der Waals surface area contributed by atoms with Gasteiger partial charge in [0.05, 0.1) is 11.7 Å². The molecule has 2 unspecified atom stereocenters. The van der Waals surface area contributed by atoms with Crippen LogP contribution in [-0.4, -0.2) is 40.8 Å². The molecule has 2 atom stereocenters. The number of hydrogen-bond donors (Lipinski definition) is 1. The molecular formula is C11H18N4S. The van der Waals surface area contributed by atoms with Gasteiger partial charge in [0.2, 0.25) is 0 Å². The predicted octanol–water partition coefficient (Wildman–Crippen LogP) is 1.29. The summed E-state index contributed by atoms with van der Waals surface area (Å²) in [5.41, 5.74) is 7.11. The van der Waals surface area contributed by atoms with Crippen molar-refractivity contribution in [3.05, 3.63) is 18.0 Å². The van der Waals surface area contributed by atoms with Gasteiger partial charge in [0.25, 0.3) is 0 Å². The maximum Gasteiger partial charge on any atom is 0.187 e. The van der Waals surface area contributed by atoms with Crippen LogP contribution in [-0.2, 0) is 0 Å². The van der Waals surface area contributed by atoms with Crippen LogP contribution in [0.2, 0.25) is 0 Å². The van der Waals surface area contributed by atoms with Gasteiger partial charge in [-0.1, -0.05) is 11.8 Å². The average Bonchev–Trinajstić information content (AvgIpc) is 2.32. The van der Waals surface area contributed by atoms with E-state index in [1.54, 1.807) is 11.8 Å². The molecule has 5 heteroatoms. The molecule has 2 N–H and O–H groups in total. The first kappa shape index (κ1) is 11.8. The quantitative estimate of drug-likeness (QED) is 0.621. The second-order valence-electron chi connectivity index (χ2n) is 4.25. The molecule has 0 aliphatic carbocycles. The molecule has 0 bridgehead atoms. The maximum atomic E-state index is 6.02. The highest BCUT2D eigenvalue weighted by Crippen LogP contribution is 2.28. The van der Waals surface area contributed by atoms with E-state index in [-0.39, 0.29) is 0 Å². The Balaban J connectivity index is 2.20. The fourth-order valence-corrected chi connectivity index (χ4v) is 2.46. The third-order valence-corrected chi connectivity index (χ3v) is 3.65. The molecule has 0 aromatic carbocycles. The van der Waals surface area contributed by atoms with Crippen LogP contribution >= 0.6 is 11.8 Å². The number of thioether (sulfide) groups is 1. The zero-order valence-corrected chi connectivity index (χ0v) is 10.6. The highest BCUT2D eigenvalue weighted by Gasteiger charge is 2.26. The minimum Gasteiger partial charge on any atom is -0.328 e. The van der Waals surface area contributed by atoms with Gasteiger partial charge in [0.15, 0.2) is 5.16 Å². The number of likely N-dealkylation sites (tertiary alicyclic amines) is 1. The molecule has 16 heavy (non-hydrogen) atoms. The summed E-state index contributed by atoms with van der Waals surface area (Å²) in [5, 5.41) is 0.838. The Kier molecular flexibility index (Phi) is 3.78. The Morgan fingerprint density at radius 2 is 2.38 bits per heavy atom. The summed E-state index contributed by atoms with van der Waals surface area (Å²) in [6.07, 6.45) is 5.90. The molecule has 4 nitrogen and oxygen atoms in total. The van der Waals surface area contributed by atoms with Crippen LogP contribution < -0.4 is 5.73 Å². The SMILES string of the molecule is CSc1nccc(C2CC(N)CCN2C)n1. The summed E-state index contributed by atoms with van der Waals surface area (Å²) in [7, 11) is 2.14. The van der Waals surface area contributed by atoms with E-state index in [1.165, 1.54) is 0 Å². The Bertz CT molecular complexity index is 358. The van der Waals surface area contributed by atoms with Crippen LogP contribution in [0.4, 0.5) is 0 Å². The molecule has 2 rings (SSSR count). The van der Waals surface area contributed by atoms with E-state index in [1.807, 2.05) is 18.5 Å². The summed E-state index contributed by atoms with van der Waals surface area (Å²) in [6.45, 7) is 1.05. The molecule has 1 aromatic rings. The lowest BCUT2D eigenvalue weighted by Gasteiger charge is -2.35. The first-order valence-electron chi connectivity index (χ1n) is 5.53. The fourth-order valence-electron chi connectivity index (χ4n) is 2.09. The molecule has 0 spiro atoms. The average molecular weight is 238 g/mol. The van der Waals surface area contributed by atoms with Gasteiger partial charge >= 0.3 is 0 Å². The number of nitrogens with zero attached hydrogens (tertiary/aromatic N) is 3. The van der Waals surface area contributed by atoms with Gasteiger partial charge < -0.3 is 5.73 Å². The van der Waals surface area contributed by atoms with Crippen LogP contribution in [0.25, 0.3) is 0 Å². The molecule has 88 valence electrons. The first-order chi connectivity index (χ1) is 7.70. The van der Waals surface area contributed by atoms with Gasteiger partial charge in [-0.3, -0.25) is 4.90 Å². The minimum absolute atomic E-state index is 0.300. The van der Waals surface area contributed by atoms with Crippen molar-refractivity contribution in [2.24, 2.45) is 5.73 Å². The largest absolute Gasteiger partial charge is 0.328 e. The van der Waals surface area contributed by atoms with E-state index >= 15 is 0 Å². The van der Waals surface area contributed by atoms with Crippen molar-refractivity contribution >= 4 is 11.8 Å². The zero-order valence-electron chi connectivity index (χ0n) is 9.76. The number of aromatic nitrogens is 2. The lowest BCUT2D eigenvalue weighted by atomic mass is 9.96. The van der Waals surface area contributed by atoms with Crippen molar-refractivity contribution < 1.29 is 0 Å². The van der Waals surface area contributed by atoms with Gasteiger partial charge in [0, 0.05) is 12.2 Å². The summed E-state index contributed by atoms with van der Waals surface area (Å²) in [5.74, 6) is 0. The van der Waals surface area contributed by atoms with E-state index < -0.39 is 0 Å². The van der Waals surface area contributed by atoms with Gasteiger partial charge in [-0.05, 0) is 38.8 Å². The van der Waals surface area contributed by atoms with Crippen LogP contribution in [0, 0.1) is 0 Å². The van der Waals surface area contributed by atoms with Crippen molar-refractivity contribution in [1.82, 2.24) is 14.9 Å². The third-order valence-electron chi connectivity index (χ3n) is 3.09. The summed E-state index contributed by atoms with van der Waals surface area (Å²) < 4.78 is 0. The molecule has 0 saturated carbocycles. The topological polar surface area (TPSA) is 55.0 Å². The van der Waals surface area contributed by atoms with Crippen molar-refractivity contribution in [2.75, 3.05) is 19.8 Å². The van der Waals surface area contributed by atoms with Crippen molar-refractivity contribution in [3.63, 3.8) is 0 Å². The van der Waals surface area contributed by atoms with Crippen LogP contribution in [0.5, 0.6) is 0 Å². The predicted molar refractivity (Wildman–Crippen MR) is 66.4 cm³/mol. The molecule has 1 aliphatic heterocycles. The zero-order chi connectivity index (χ0) is 11.5. The summed E-state index contributed by atoms with van der Waals surface area (Å²) in [4.78, 5) is 11.1. The highest BCUT2D eigenvalue weighted by molar-refractivity contribution is 7.98. The third kappa shape index (κ3) is 2.53. The van der Waals surface area contributed by atoms with E-state index in [0.29, 0.717) is 12.1 Å². The van der Waals surface area contributed by atoms with Gasteiger partial charge in [-0.15, -0.1) is 0 Å². The number of nitrogens with two attached hydrogens (primary N) is 1. The second kappa shape index (κ2) is 5.12. The Hall–Kier alpha value is -0.650. The Morgan fingerprint density at radius 3 is 3.12 bits per heavy atom. The number of hydrogen-bond acceptors (Lipinski definition) is 5. The molecular weight excluding hydrogens is 220 g/mol. The lowest BCUT2D eigenvalue weighted by molar-refractivity contribution is 0.167. The monoisotopic (exact) mass is 238 g/mol. The molecule has 1 aliphatic rings. The van der Waals surface area contributed by atoms with Gasteiger partial charge in [-0.2, -0.15) is 0 Å². The van der Waals surface area contributed by atoms with Crippen molar-refractivity contribution in [1.29, 1.82) is 0 Å². The second-order valence-corrected chi connectivity index (χ2v) is 5.02. The fraction of sp³-hybridized carbons (Fsp3) is 0.636. The molecule has 1 fully saturated rings. The van der Waals surface area contributed by atoms with Crippen LogP contribution in [0.15, 0.2) is 17.4 Å². The van der Waals surface area contributed by atoms with Crippen LogP contribution in [0.1, 0.15) is 24.6 Å². The normalized spacial score (nSPS) is 26.9. The van der Waals surface area contributed by atoms with E-state index in [2.05, 4.69) is 21.9 Å². The number of rotatable bonds is 2. The summed E-state index contributed by atoms with van der Waals surface area (Å²) >= 11 is 1.58. The van der Waals surface area contributed by atoms with Crippen molar-refractivity contribution in [3.8, 4) is 0 Å². The first-order valence-corrected chi connectivity index (χ1v) is 6.76. The summed E-state index contributed by atoms with van der Waals surface area (Å²) in [6, 6.07) is 2.64. The van der Waals surface area contributed by atoms with E-state index in [4.69, 9.17) is 5.73 Å². The van der Waals surface area contributed by atoms with Gasteiger partial charge in [0.1, 0.15) is 0 Å². The number of piperidine rings is 1. The Morgan fingerprint density at radius 1 is 1.56 bits per heavy atom. The Labute approximate surface area is 101 Å². The van der Waals surface area contributed by atoms with Crippen LogP contribution in [0.3, 0.4) is 0 Å². The minimum atomic E-state index is 0.300. The van der Waals surface area contributed by atoms with Crippen molar-refractivity contribution in [2.45, 2.75) is 30.1 Å². The lowest BCUT2D eigenvalue weighted by Crippen LogP contribution is -2.40. The van der Waals surface area contributed by atoms with E-state index in [9.17, 15) is 0 Å². The molecule has 2 heterocycles. The maximum absolute atomic E-state index is 6.02. The molecule has 1 aromatic heterocycles. The molecule has 0 radical (unpaired) electrons. The smallest absolute Gasteiger partial charge is 0.187 e. The molecule has 1 saturated heterocycles. The van der Waals surface area contributed by atoms with E-state index in [0.717, 1.165) is 30.2 Å². The van der Waals surface area contributed by atoms with Gasteiger partial charge in [-0.25, -0.2) is 9.97 Å².